The summed E-state index contributed by atoms with van der Waals surface area (Å²) in [5, 5.41) is 0. The topological polar surface area (TPSA) is 75.9 Å². The Morgan fingerprint density at radius 3 is 2.54 bits per heavy atom. The van der Waals surface area contributed by atoms with Crippen molar-refractivity contribution in [3.63, 3.8) is 0 Å². The maximum absolute atomic E-state index is 13.2. The van der Waals surface area contributed by atoms with Crippen molar-refractivity contribution in [2.75, 3.05) is 31.6 Å². The highest BCUT2D eigenvalue weighted by molar-refractivity contribution is 6.00. The van der Waals surface area contributed by atoms with Gasteiger partial charge in [-0.15, -0.1) is 0 Å². The molecule has 0 saturated carbocycles. The molecule has 3 rings (SSSR count). The van der Waals surface area contributed by atoms with Crippen LogP contribution in [0.25, 0.3) is 0 Å². The molecule has 1 aliphatic heterocycles. The average molecular weight is 381 g/mol. The number of rotatable bonds is 8. The van der Waals surface area contributed by atoms with Crippen molar-refractivity contribution < 1.29 is 14.3 Å². The van der Waals surface area contributed by atoms with Crippen LogP contribution >= 0.6 is 0 Å². The second-order valence-corrected chi connectivity index (χ2v) is 6.99. The predicted molar refractivity (Wildman–Crippen MR) is 109 cm³/mol. The number of benzene rings is 2. The van der Waals surface area contributed by atoms with E-state index in [2.05, 4.69) is 0 Å². The summed E-state index contributed by atoms with van der Waals surface area (Å²) in [5.74, 6) is 0.388. The highest BCUT2D eigenvalue weighted by Crippen LogP contribution is 2.28. The largest absolute Gasteiger partial charge is 0.497 e. The first-order valence-electron chi connectivity index (χ1n) is 9.59. The van der Waals surface area contributed by atoms with E-state index in [-0.39, 0.29) is 24.2 Å². The van der Waals surface area contributed by atoms with E-state index in [1.54, 1.807) is 12.0 Å². The molecule has 0 spiro atoms. The summed E-state index contributed by atoms with van der Waals surface area (Å²) in [7, 11) is 1.60. The zero-order chi connectivity index (χ0) is 19.9. The van der Waals surface area contributed by atoms with Crippen LogP contribution in [0, 0.1) is 5.92 Å². The van der Waals surface area contributed by atoms with Crippen molar-refractivity contribution in [3.05, 3.63) is 60.2 Å². The van der Waals surface area contributed by atoms with E-state index in [0.717, 1.165) is 23.4 Å². The number of carbonyl (C=O) groups is 2. The van der Waals surface area contributed by atoms with Gasteiger partial charge in [0, 0.05) is 31.7 Å². The zero-order valence-electron chi connectivity index (χ0n) is 16.2. The summed E-state index contributed by atoms with van der Waals surface area (Å²) in [4.78, 5) is 29.2. The fraction of sp³-hybridized carbons (Fsp3) is 0.364. The summed E-state index contributed by atoms with van der Waals surface area (Å²) in [6.07, 6.45) is 0.972. The Balaban J connectivity index is 1.70. The van der Waals surface area contributed by atoms with Gasteiger partial charge in [0.25, 0.3) is 0 Å². The Bertz CT molecular complexity index is 792. The Labute approximate surface area is 165 Å². The number of hydrogen-bond acceptors (Lipinski definition) is 4. The molecular formula is C22H27N3O3. The van der Waals surface area contributed by atoms with Crippen molar-refractivity contribution in [2.24, 2.45) is 11.7 Å². The minimum Gasteiger partial charge on any atom is -0.497 e. The lowest BCUT2D eigenvalue weighted by atomic mass is 10.1. The van der Waals surface area contributed by atoms with Gasteiger partial charge < -0.3 is 20.3 Å². The predicted octanol–water partition coefficient (Wildman–Crippen LogP) is 2.43. The summed E-state index contributed by atoms with van der Waals surface area (Å²) in [6.45, 7) is 2.06. The van der Waals surface area contributed by atoms with Crippen LogP contribution in [0.5, 0.6) is 5.75 Å². The second kappa shape index (κ2) is 9.37. The van der Waals surface area contributed by atoms with Crippen LogP contribution in [0.15, 0.2) is 54.6 Å². The molecule has 1 saturated heterocycles. The molecule has 0 radical (unpaired) electrons. The van der Waals surface area contributed by atoms with Gasteiger partial charge in [-0.2, -0.15) is 0 Å². The molecule has 2 aromatic rings. The number of methoxy groups -OCH3 is 1. The van der Waals surface area contributed by atoms with Gasteiger partial charge in [-0.25, -0.2) is 0 Å². The number of nitrogens with zero attached hydrogens (tertiary/aromatic N) is 2. The van der Waals surface area contributed by atoms with E-state index in [4.69, 9.17) is 10.5 Å². The molecule has 0 aliphatic carbocycles. The van der Waals surface area contributed by atoms with Crippen molar-refractivity contribution in [1.29, 1.82) is 0 Å². The molecule has 1 atom stereocenters. The highest BCUT2D eigenvalue weighted by Gasteiger charge is 2.37. The van der Waals surface area contributed by atoms with Gasteiger partial charge in [0.2, 0.25) is 11.8 Å². The van der Waals surface area contributed by atoms with Crippen LogP contribution in [-0.2, 0) is 16.1 Å². The molecule has 148 valence electrons. The smallest absolute Gasteiger partial charge is 0.228 e. The Morgan fingerprint density at radius 2 is 1.89 bits per heavy atom. The molecule has 6 heteroatoms. The van der Waals surface area contributed by atoms with E-state index >= 15 is 0 Å². The number of anilines is 1. The lowest BCUT2D eigenvalue weighted by Crippen LogP contribution is -2.38. The third-order valence-electron chi connectivity index (χ3n) is 5.02. The SMILES string of the molecule is COc1ccc(N2CC(C(=O)N(CCCN)Cc3ccccc3)CC2=O)cc1. The molecule has 1 heterocycles. The van der Waals surface area contributed by atoms with Crippen LogP contribution < -0.4 is 15.4 Å². The Kier molecular flexibility index (Phi) is 6.66. The zero-order valence-corrected chi connectivity index (χ0v) is 16.2. The second-order valence-electron chi connectivity index (χ2n) is 6.99. The molecule has 6 nitrogen and oxygen atoms in total. The maximum Gasteiger partial charge on any atom is 0.228 e. The first-order valence-corrected chi connectivity index (χ1v) is 9.59. The molecule has 28 heavy (non-hydrogen) atoms. The molecule has 0 aromatic heterocycles. The third-order valence-corrected chi connectivity index (χ3v) is 5.02. The van der Waals surface area contributed by atoms with Crippen LogP contribution in [0.4, 0.5) is 5.69 Å². The fourth-order valence-corrected chi connectivity index (χ4v) is 3.50. The van der Waals surface area contributed by atoms with Crippen molar-refractivity contribution >= 4 is 17.5 Å². The van der Waals surface area contributed by atoms with E-state index in [1.807, 2.05) is 59.5 Å². The maximum atomic E-state index is 13.2. The van der Waals surface area contributed by atoms with Gasteiger partial charge in [0.15, 0.2) is 0 Å². The molecule has 1 fully saturated rings. The normalized spacial score (nSPS) is 16.3. The Morgan fingerprint density at radius 1 is 1.18 bits per heavy atom. The third kappa shape index (κ3) is 4.70. The Hall–Kier alpha value is -2.86. The fourth-order valence-electron chi connectivity index (χ4n) is 3.50. The lowest BCUT2D eigenvalue weighted by Gasteiger charge is -2.26. The van der Waals surface area contributed by atoms with Crippen LogP contribution in [-0.4, -0.2) is 43.5 Å². The van der Waals surface area contributed by atoms with Gasteiger partial charge >= 0.3 is 0 Å². The minimum absolute atomic E-state index is 0.0154. The van der Waals surface area contributed by atoms with Gasteiger partial charge in [0.1, 0.15) is 5.75 Å². The number of carbonyl (C=O) groups excluding carboxylic acids is 2. The minimum atomic E-state index is -0.337. The summed E-state index contributed by atoms with van der Waals surface area (Å²) < 4.78 is 5.17. The van der Waals surface area contributed by atoms with Crippen LogP contribution in [0.3, 0.4) is 0 Å². The van der Waals surface area contributed by atoms with E-state index in [9.17, 15) is 9.59 Å². The van der Waals surface area contributed by atoms with Gasteiger partial charge in [-0.1, -0.05) is 30.3 Å². The van der Waals surface area contributed by atoms with Crippen molar-refractivity contribution in [1.82, 2.24) is 4.90 Å². The number of nitrogens with two attached hydrogens (primary N) is 1. The quantitative estimate of drug-likeness (QED) is 0.762. The highest BCUT2D eigenvalue weighted by atomic mass is 16.5. The average Bonchev–Trinajstić information content (AvgIpc) is 3.13. The van der Waals surface area contributed by atoms with E-state index in [0.29, 0.717) is 26.2 Å². The molecular weight excluding hydrogens is 354 g/mol. The summed E-state index contributed by atoms with van der Waals surface area (Å²) in [5.41, 5.74) is 7.52. The molecule has 2 N–H and O–H groups in total. The standard InChI is InChI=1S/C22H27N3O3/c1-28-20-10-8-19(9-11-20)25-16-18(14-21(25)26)22(27)24(13-5-12-23)15-17-6-3-2-4-7-17/h2-4,6-11,18H,5,12-16,23H2,1H3. The molecule has 1 unspecified atom stereocenters. The summed E-state index contributed by atoms with van der Waals surface area (Å²) >= 11 is 0. The van der Waals surface area contributed by atoms with Crippen LogP contribution in [0.1, 0.15) is 18.4 Å². The molecule has 2 aromatic carbocycles. The van der Waals surface area contributed by atoms with E-state index in [1.165, 1.54) is 0 Å². The number of amides is 2. The molecule has 0 bridgehead atoms. The first-order chi connectivity index (χ1) is 13.6. The number of hydrogen-bond donors (Lipinski definition) is 1. The van der Waals surface area contributed by atoms with Gasteiger partial charge in [-0.05, 0) is 42.8 Å². The van der Waals surface area contributed by atoms with Crippen molar-refractivity contribution in [2.45, 2.75) is 19.4 Å². The summed E-state index contributed by atoms with van der Waals surface area (Å²) in [6, 6.07) is 17.2. The van der Waals surface area contributed by atoms with Gasteiger partial charge in [-0.3, -0.25) is 9.59 Å². The van der Waals surface area contributed by atoms with Crippen molar-refractivity contribution in [3.8, 4) is 5.75 Å². The molecule has 2 amide bonds. The lowest BCUT2D eigenvalue weighted by molar-refractivity contribution is -0.136. The van der Waals surface area contributed by atoms with E-state index < -0.39 is 0 Å². The molecule has 1 aliphatic rings. The van der Waals surface area contributed by atoms with Gasteiger partial charge in [0.05, 0.1) is 13.0 Å². The monoisotopic (exact) mass is 381 g/mol. The first kappa shape index (κ1) is 19.9. The number of ether oxygens (including phenoxy) is 1. The van der Waals surface area contributed by atoms with Crippen LogP contribution in [0.2, 0.25) is 0 Å².